The van der Waals surface area contributed by atoms with Gasteiger partial charge in [-0.2, -0.15) is 0 Å². The minimum absolute atomic E-state index is 0.0879. The molecule has 1 unspecified atom stereocenters. The van der Waals surface area contributed by atoms with Gasteiger partial charge in [0.1, 0.15) is 5.60 Å². The van der Waals surface area contributed by atoms with Crippen molar-refractivity contribution in [2.75, 3.05) is 0 Å². The van der Waals surface area contributed by atoms with Crippen LogP contribution in [0.2, 0.25) is 0 Å². The molecule has 2 aliphatic carbocycles. The van der Waals surface area contributed by atoms with Crippen LogP contribution in [-0.4, -0.2) is 11.6 Å². The first-order chi connectivity index (χ1) is 12.3. The number of benzene rings is 2. The van der Waals surface area contributed by atoms with Gasteiger partial charge < -0.3 is 4.74 Å². The minimum atomic E-state index is -0.460. The first kappa shape index (κ1) is 17.1. The van der Waals surface area contributed by atoms with Gasteiger partial charge in [0.05, 0.1) is 5.92 Å². The van der Waals surface area contributed by atoms with E-state index in [1.165, 1.54) is 38.6 Å². The van der Waals surface area contributed by atoms with E-state index < -0.39 is 5.60 Å². The van der Waals surface area contributed by atoms with Crippen LogP contribution >= 0.6 is 0 Å². The molecule has 0 fully saturated rings. The van der Waals surface area contributed by atoms with Crippen molar-refractivity contribution in [1.29, 1.82) is 0 Å². The zero-order valence-corrected chi connectivity index (χ0v) is 16.1. The lowest BCUT2D eigenvalue weighted by atomic mass is 9.73. The van der Waals surface area contributed by atoms with Gasteiger partial charge in [-0.1, -0.05) is 48.0 Å². The van der Waals surface area contributed by atoms with Crippen molar-refractivity contribution in [2.24, 2.45) is 5.92 Å². The summed E-state index contributed by atoms with van der Waals surface area (Å²) in [7, 11) is 0. The van der Waals surface area contributed by atoms with Gasteiger partial charge in [0.2, 0.25) is 0 Å². The molecule has 0 saturated carbocycles. The second-order valence-electron chi connectivity index (χ2n) is 8.49. The van der Waals surface area contributed by atoms with Gasteiger partial charge in [0.15, 0.2) is 0 Å². The Morgan fingerprint density at radius 3 is 2.73 bits per heavy atom. The molecular weight excluding hydrogens is 320 g/mol. The van der Waals surface area contributed by atoms with Crippen molar-refractivity contribution in [3.05, 3.63) is 64.7 Å². The fourth-order valence-corrected chi connectivity index (χ4v) is 4.22. The van der Waals surface area contributed by atoms with E-state index in [1.807, 2.05) is 20.8 Å². The first-order valence-corrected chi connectivity index (χ1v) is 9.48. The van der Waals surface area contributed by atoms with Crippen molar-refractivity contribution >= 4 is 22.3 Å². The lowest BCUT2D eigenvalue weighted by Gasteiger charge is -2.33. The second kappa shape index (κ2) is 6.12. The van der Waals surface area contributed by atoms with Gasteiger partial charge in [-0.3, -0.25) is 4.79 Å². The molecule has 26 heavy (non-hydrogen) atoms. The monoisotopic (exact) mass is 346 g/mol. The smallest absolute Gasteiger partial charge is 0.313 e. The minimum Gasteiger partial charge on any atom is -0.459 e. The summed E-state index contributed by atoms with van der Waals surface area (Å²) >= 11 is 0. The summed E-state index contributed by atoms with van der Waals surface area (Å²) in [5, 5.41) is 2.50. The SMILES string of the molecule is Cc1ccc2c3c(ccc2c1)C1=C(CCC=C1)C(C(=O)OC(C)(C)C)C3. The predicted octanol–water partition coefficient (Wildman–Crippen LogP) is 5.77. The van der Waals surface area contributed by atoms with Crippen LogP contribution in [0.5, 0.6) is 0 Å². The molecule has 0 aromatic heterocycles. The third kappa shape index (κ3) is 2.98. The molecule has 0 N–H and O–H groups in total. The second-order valence-corrected chi connectivity index (χ2v) is 8.49. The van der Waals surface area contributed by atoms with E-state index in [4.69, 9.17) is 4.74 Å². The maximum atomic E-state index is 13.0. The first-order valence-electron chi connectivity index (χ1n) is 9.48. The molecule has 2 aromatic rings. The third-order valence-electron chi connectivity index (χ3n) is 5.31. The molecule has 0 saturated heterocycles. The summed E-state index contributed by atoms with van der Waals surface area (Å²) in [6.45, 7) is 7.94. The molecule has 1 atom stereocenters. The fourth-order valence-electron chi connectivity index (χ4n) is 4.22. The Labute approximate surface area is 155 Å². The number of carbonyl (C=O) groups is 1. The Morgan fingerprint density at radius 1 is 1.15 bits per heavy atom. The number of esters is 1. The Morgan fingerprint density at radius 2 is 1.96 bits per heavy atom. The van der Waals surface area contributed by atoms with E-state index >= 15 is 0 Å². The number of ether oxygens (including phenoxy) is 1. The maximum absolute atomic E-state index is 13.0. The van der Waals surface area contributed by atoms with Gasteiger partial charge >= 0.3 is 5.97 Å². The highest BCUT2D eigenvalue weighted by molar-refractivity contribution is 5.96. The summed E-state index contributed by atoms with van der Waals surface area (Å²) in [5.74, 6) is -0.261. The van der Waals surface area contributed by atoms with Gasteiger partial charge in [0, 0.05) is 0 Å². The highest BCUT2D eigenvalue weighted by atomic mass is 16.6. The molecule has 0 spiro atoms. The van der Waals surface area contributed by atoms with E-state index in [-0.39, 0.29) is 11.9 Å². The summed E-state index contributed by atoms with van der Waals surface area (Å²) in [5.41, 5.74) is 5.85. The normalized spacial score (nSPS) is 19.3. The van der Waals surface area contributed by atoms with E-state index in [2.05, 4.69) is 49.4 Å². The molecule has 4 rings (SSSR count). The van der Waals surface area contributed by atoms with Crippen LogP contribution in [0.1, 0.15) is 50.3 Å². The molecule has 2 nitrogen and oxygen atoms in total. The molecule has 0 amide bonds. The summed E-state index contributed by atoms with van der Waals surface area (Å²) in [6, 6.07) is 11.0. The van der Waals surface area contributed by atoms with E-state index in [9.17, 15) is 4.79 Å². The topological polar surface area (TPSA) is 26.3 Å². The molecule has 0 heterocycles. The molecule has 2 aromatic carbocycles. The molecule has 0 radical (unpaired) electrons. The van der Waals surface area contributed by atoms with Crippen molar-refractivity contribution < 1.29 is 9.53 Å². The van der Waals surface area contributed by atoms with Crippen molar-refractivity contribution in [1.82, 2.24) is 0 Å². The van der Waals surface area contributed by atoms with Crippen LogP contribution in [-0.2, 0) is 16.0 Å². The standard InChI is InChI=1S/C24H26O2/c1-15-9-11-17-16(13-15)10-12-20-18-7-5-6-8-19(18)22(14-21(17)20)23(25)26-24(2,3)4/h5,7,9-13,22H,6,8,14H2,1-4H3. The Hall–Kier alpha value is -2.35. The van der Waals surface area contributed by atoms with E-state index in [1.54, 1.807) is 0 Å². The Bertz CT molecular complexity index is 954. The van der Waals surface area contributed by atoms with Crippen LogP contribution in [0.25, 0.3) is 16.3 Å². The lowest BCUT2D eigenvalue weighted by Crippen LogP contribution is -2.33. The van der Waals surface area contributed by atoms with Gasteiger partial charge in [-0.15, -0.1) is 0 Å². The van der Waals surface area contributed by atoms with Gasteiger partial charge in [0.25, 0.3) is 0 Å². The van der Waals surface area contributed by atoms with Crippen LogP contribution in [0.15, 0.2) is 48.1 Å². The number of hydrogen-bond donors (Lipinski definition) is 0. The molecular formula is C24H26O2. The summed E-state index contributed by atoms with van der Waals surface area (Å²) in [6.07, 6.45) is 7.10. The quantitative estimate of drug-likeness (QED) is 0.613. The highest BCUT2D eigenvalue weighted by Gasteiger charge is 2.35. The average molecular weight is 346 g/mol. The largest absolute Gasteiger partial charge is 0.459 e. The van der Waals surface area contributed by atoms with Crippen LogP contribution in [0, 0.1) is 12.8 Å². The number of aryl methyl sites for hydroxylation is 1. The summed E-state index contributed by atoms with van der Waals surface area (Å²) in [4.78, 5) is 13.0. The van der Waals surface area contributed by atoms with Gasteiger partial charge in [-0.25, -0.2) is 0 Å². The fraction of sp³-hybridized carbons (Fsp3) is 0.375. The number of fused-ring (bicyclic) bond motifs is 4. The Balaban J connectivity index is 1.87. The number of carbonyl (C=O) groups excluding carboxylic acids is 1. The summed E-state index contributed by atoms with van der Waals surface area (Å²) < 4.78 is 5.78. The van der Waals surface area contributed by atoms with E-state index in [0.29, 0.717) is 0 Å². The zero-order chi connectivity index (χ0) is 18.5. The maximum Gasteiger partial charge on any atom is 0.313 e. The van der Waals surface area contributed by atoms with E-state index in [0.717, 1.165) is 19.3 Å². The van der Waals surface area contributed by atoms with Crippen LogP contribution < -0.4 is 0 Å². The molecule has 2 aliphatic rings. The van der Waals surface area contributed by atoms with Crippen molar-refractivity contribution in [3.63, 3.8) is 0 Å². The average Bonchev–Trinajstić information content (AvgIpc) is 2.58. The third-order valence-corrected chi connectivity index (χ3v) is 5.31. The van der Waals surface area contributed by atoms with Crippen LogP contribution in [0.4, 0.5) is 0 Å². The molecule has 134 valence electrons. The predicted molar refractivity (Wildman–Crippen MR) is 107 cm³/mol. The van der Waals surface area contributed by atoms with Crippen LogP contribution in [0.3, 0.4) is 0 Å². The number of rotatable bonds is 1. The van der Waals surface area contributed by atoms with Gasteiger partial charge in [-0.05, 0) is 80.0 Å². The lowest BCUT2D eigenvalue weighted by molar-refractivity contribution is -0.158. The zero-order valence-electron chi connectivity index (χ0n) is 16.1. The molecule has 0 aliphatic heterocycles. The van der Waals surface area contributed by atoms with Crippen molar-refractivity contribution in [2.45, 2.75) is 52.6 Å². The highest BCUT2D eigenvalue weighted by Crippen LogP contribution is 2.43. The number of hydrogen-bond acceptors (Lipinski definition) is 2. The molecule has 0 bridgehead atoms. The number of allylic oxidation sites excluding steroid dienone is 3. The molecule has 2 heteroatoms. The Kier molecular flexibility index (Phi) is 4.02. The van der Waals surface area contributed by atoms with Crippen molar-refractivity contribution in [3.8, 4) is 0 Å².